The molecule has 1 aromatic heterocycles. The Bertz CT molecular complexity index is 296. The Morgan fingerprint density at radius 1 is 1.77 bits per heavy atom. The van der Waals surface area contributed by atoms with Crippen LogP contribution in [0.1, 0.15) is 23.4 Å². The van der Waals surface area contributed by atoms with E-state index in [9.17, 15) is 4.79 Å². The van der Waals surface area contributed by atoms with Gasteiger partial charge in [0, 0.05) is 4.88 Å². The molecule has 3 N–H and O–H groups in total. The number of amides is 1. The lowest BCUT2D eigenvalue weighted by Crippen LogP contribution is -2.33. The molecule has 0 radical (unpaired) electrons. The monoisotopic (exact) mass is 198 g/mol. The molecule has 0 saturated carbocycles. The van der Waals surface area contributed by atoms with Crippen LogP contribution in [0.5, 0.6) is 0 Å². The molecule has 1 rings (SSSR count). The van der Waals surface area contributed by atoms with E-state index in [-0.39, 0.29) is 11.9 Å². The van der Waals surface area contributed by atoms with Crippen LogP contribution in [0, 0.1) is 6.92 Å². The third-order valence-corrected chi connectivity index (χ3v) is 2.94. The van der Waals surface area contributed by atoms with Crippen LogP contribution < -0.4 is 11.1 Å². The number of nitrogens with two attached hydrogens (primary N) is 1. The number of rotatable bonds is 4. The third-order valence-electron chi connectivity index (χ3n) is 1.86. The maximum Gasteiger partial charge on any atom is 0.240 e. The van der Waals surface area contributed by atoms with Crippen molar-refractivity contribution in [2.24, 2.45) is 5.73 Å². The van der Waals surface area contributed by atoms with Crippen LogP contribution in [-0.2, 0) is 4.79 Å². The molecule has 72 valence electrons. The van der Waals surface area contributed by atoms with Crippen LogP contribution in [0.4, 0.5) is 0 Å². The minimum atomic E-state index is -0.329. The van der Waals surface area contributed by atoms with Crippen LogP contribution in [0.25, 0.3) is 0 Å². The first-order valence-corrected chi connectivity index (χ1v) is 5.11. The van der Waals surface area contributed by atoms with Gasteiger partial charge in [-0.2, -0.15) is 0 Å². The first-order valence-electron chi connectivity index (χ1n) is 4.23. The first kappa shape index (κ1) is 10.2. The predicted octanol–water partition coefficient (Wildman–Crippen LogP) is 1.19. The van der Waals surface area contributed by atoms with Crippen LogP contribution in [0.15, 0.2) is 11.4 Å². The second kappa shape index (κ2) is 4.39. The molecule has 0 bridgehead atoms. The predicted molar refractivity (Wildman–Crippen MR) is 54.7 cm³/mol. The van der Waals surface area contributed by atoms with Gasteiger partial charge in [0.25, 0.3) is 0 Å². The van der Waals surface area contributed by atoms with Crippen molar-refractivity contribution < 1.29 is 4.79 Å². The van der Waals surface area contributed by atoms with Gasteiger partial charge in [0.15, 0.2) is 0 Å². The van der Waals surface area contributed by atoms with Gasteiger partial charge in [-0.05, 0) is 30.5 Å². The van der Waals surface area contributed by atoms with Crippen molar-refractivity contribution in [3.63, 3.8) is 0 Å². The maximum absolute atomic E-state index is 11.1. The van der Waals surface area contributed by atoms with Gasteiger partial charge in [0.05, 0.1) is 0 Å². The zero-order valence-electron chi connectivity index (χ0n) is 7.83. The van der Waals surface area contributed by atoms with E-state index in [1.165, 1.54) is 0 Å². The lowest BCUT2D eigenvalue weighted by Gasteiger charge is -2.13. The standard InChI is InChI=1S/C9H14N2OS/c1-3-11-7(9(10)12)8-6(2)4-5-13-8/h4-5,7,11H,3H2,1-2H3,(H2,10,12). The third kappa shape index (κ3) is 2.29. The summed E-state index contributed by atoms with van der Waals surface area (Å²) in [5.74, 6) is -0.313. The molecule has 3 nitrogen and oxygen atoms in total. The molecule has 0 aliphatic carbocycles. The van der Waals surface area contributed by atoms with Crippen molar-refractivity contribution >= 4 is 17.2 Å². The van der Waals surface area contributed by atoms with E-state index in [1.54, 1.807) is 11.3 Å². The van der Waals surface area contributed by atoms with Crippen LogP contribution in [-0.4, -0.2) is 12.5 Å². The van der Waals surface area contributed by atoms with Gasteiger partial charge in [-0.3, -0.25) is 4.79 Å². The summed E-state index contributed by atoms with van der Waals surface area (Å²) in [6, 6.07) is 1.66. The van der Waals surface area contributed by atoms with Crippen LogP contribution >= 0.6 is 11.3 Å². The average Bonchev–Trinajstić information content (AvgIpc) is 2.47. The second-order valence-electron chi connectivity index (χ2n) is 2.86. The molecule has 1 unspecified atom stereocenters. The van der Waals surface area contributed by atoms with E-state index in [4.69, 9.17) is 5.73 Å². The highest BCUT2D eigenvalue weighted by Crippen LogP contribution is 2.23. The van der Waals surface area contributed by atoms with E-state index in [0.717, 1.165) is 17.0 Å². The minimum absolute atomic E-state index is 0.313. The fourth-order valence-electron chi connectivity index (χ4n) is 1.21. The van der Waals surface area contributed by atoms with Gasteiger partial charge in [-0.25, -0.2) is 0 Å². The summed E-state index contributed by atoms with van der Waals surface area (Å²) < 4.78 is 0. The van der Waals surface area contributed by atoms with Gasteiger partial charge >= 0.3 is 0 Å². The van der Waals surface area contributed by atoms with Crippen molar-refractivity contribution in [3.8, 4) is 0 Å². The molecule has 1 aromatic rings. The molecule has 0 spiro atoms. The molecule has 1 atom stereocenters. The summed E-state index contributed by atoms with van der Waals surface area (Å²) in [6.45, 7) is 4.68. The number of aryl methyl sites for hydroxylation is 1. The summed E-state index contributed by atoms with van der Waals surface area (Å²) in [7, 11) is 0. The van der Waals surface area contributed by atoms with E-state index in [2.05, 4.69) is 5.32 Å². The van der Waals surface area contributed by atoms with Crippen molar-refractivity contribution in [3.05, 3.63) is 21.9 Å². The maximum atomic E-state index is 11.1. The Balaban J connectivity index is 2.88. The zero-order valence-corrected chi connectivity index (χ0v) is 8.65. The largest absolute Gasteiger partial charge is 0.368 e. The number of likely N-dealkylation sites (N-methyl/N-ethyl adjacent to an activating group) is 1. The first-order chi connectivity index (χ1) is 6.16. The minimum Gasteiger partial charge on any atom is -0.368 e. The summed E-state index contributed by atoms with van der Waals surface area (Å²) in [5.41, 5.74) is 6.41. The SMILES string of the molecule is CCNC(C(N)=O)c1sccc1C. The number of carbonyl (C=O) groups is 1. The second-order valence-corrected chi connectivity index (χ2v) is 3.81. The fraction of sp³-hybridized carbons (Fsp3) is 0.444. The lowest BCUT2D eigenvalue weighted by atomic mass is 10.1. The lowest BCUT2D eigenvalue weighted by molar-refractivity contribution is -0.120. The molecule has 0 aliphatic heterocycles. The molecule has 0 aliphatic rings. The number of carbonyl (C=O) groups excluding carboxylic acids is 1. The van der Waals surface area contributed by atoms with E-state index < -0.39 is 0 Å². The molecule has 1 amide bonds. The Morgan fingerprint density at radius 3 is 2.85 bits per heavy atom. The number of hydrogen-bond acceptors (Lipinski definition) is 3. The highest BCUT2D eigenvalue weighted by Gasteiger charge is 2.19. The van der Waals surface area contributed by atoms with Gasteiger partial charge in [0.2, 0.25) is 5.91 Å². The van der Waals surface area contributed by atoms with Gasteiger partial charge in [0.1, 0.15) is 6.04 Å². The molecule has 0 saturated heterocycles. The van der Waals surface area contributed by atoms with Crippen molar-refractivity contribution in [1.29, 1.82) is 0 Å². The molecule has 1 heterocycles. The van der Waals surface area contributed by atoms with Crippen LogP contribution in [0.3, 0.4) is 0 Å². The Hall–Kier alpha value is -0.870. The number of hydrogen-bond donors (Lipinski definition) is 2. The Morgan fingerprint density at radius 2 is 2.46 bits per heavy atom. The Labute approximate surface area is 81.9 Å². The van der Waals surface area contributed by atoms with Gasteiger partial charge in [-0.1, -0.05) is 6.92 Å². The number of thiophene rings is 1. The smallest absolute Gasteiger partial charge is 0.240 e. The molecule has 0 aromatic carbocycles. The summed E-state index contributed by atoms with van der Waals surface area (Å²) in [5, 5.41) is 5.03. The number of primary amides is 1. The quantitative estimate of drug-likeness (QED) is 0.763. The highest BCUT2D eigenvalue weighted by molar-refractivity contribution is 7.10. The van der Waals surface area contributed by atoms with E-state index in [1.807, 2.05) is 25.3 Å². The van der Waals surface area contributed by atoms with Gasteiger partial charge < -0.3 is 11.1 Å². The summed E-state index contributed by atoms with van der Waals surface area (Å²) in [6.07, 6.45) is 0. The Kier molecular flexibility index (Phi) is 3.45. The fourth-order valence-corrected chi connectivity index (χ4v) is 2.22. The topological polar surface area (TPSA) is 55.1 Å². The van der Waals surface area contributed by atoms with Crippen molar-refractivity contribution in [2.45, 2.75) is 19.9 Å². The van der Waals surface area contributed by atoms with Crippen molar-refractivity contribution in [2.75, 3.05) is 6.54 Å². The molecular weight excluding hydrogens is 184 g/mol. The highest BCUT2D eigenvalue weighted by atomic mass is 32.1. The molecule has 4 heteroatoms. The molecule has 0 fully saturated rings. The summed E-state index contributed by atoms with van der Waals surface area (Å²) in [4.78, 5) is 12.1. The van der Waals surface area contributed by atoms with Crippen LogP contribution in [0.2, 0.25) is 0 Å². The van der Waals surface area contributed by atoms with Gasteiger partial charge in [-0.15, -0.1) is 11.3 Å². The molecular formula is C9H14N2OS. The summed E-state index contributed by atoms with van der Waals surface area (Å²) >= 11 is 1.56. The van der Waals surface area contributed by atoms with Crippen molar-refractivity contribution in [1.82, 2.24) is 5.32 Å². The molecule has 13 heavy (non-hydrogen) atoms. The average molecular weight is 198 g/mol. The normalized spacial score (nSPS) is 12.8. The number of nitrogens with one attached hydrogen (secondary N) is 1. The zero-order chi connectivity index (χ0) is 9.84. The van der Waals surface area contributed by atoms with E-state index in [0.29, 0.717) is 0 Å². The van der Waals surface area contributed by atoms with E-state index >= 15 is 0 Å².